The molecule has 0 aliphatic carbocycles. The highest BCUT2D eigenvalue weighted by molar-refractivity contribution is 5.96. The van der Waals surface area contributed by atoms with Crippen LogP contribution in [0.3, 0.4) is 0 Å². The first-order valence-corrected chi connectivity index (χ1v) is 6.37. The lowest BCUT2D eigenvalue weighted by Crippen LogP contribution is -2.57. The third kappa shape index (κ3) is 3.68. The van der Waals surface area contributed by atoms with Crippen molar-refractivity contribution in [2.45, 2.75) is 51.8 Å². The molecule has 0 aromatic rings. The number of carbonyl (C=O) groups is 2. The fourth-order valence-corrected chi connectivity index (χ4v) is 2.01. The molecule has 0 spiro atoms. The Morgan fingerprint density at radius 3 is 2.67 bits per heavy atom. The van der Waals surface area contributed by atoms with Gasteiger partial charge >= 0.3 is 6.03 Å². The zero-order valence-electron chi connectivity index (χ0n) is 11.5. The van der Waals surface area contributed by atoms with Gasteiger partial charge in [-0.05, 0) is 34.1 Å². The maximum absolute atomic E-state index is 11.8. The van der Waals surface area contributed by atoms with Crippen molar-refractivity contribution >= 4 is 11.9 Å². The number of urea groups is 1. The van der Waals surface area contributed by atoms with Crippen molar-refractivity contribution in [1.82, 2.24) is 16.0 Å². The molecule has 0 radical (unpaired) electrons. The average molecular weight is 257 g/mol. The molecular formula is C12H23N3O3. The predicted molar refractivity (Wildman–Crippen MR) is 68.2 cm³/mol. The van der Waals surface area contributed by atoms with Crippen molar-refractivity contribution in [3.8, 4) is 0 Å². The summed E-state index contributed by atoms with van der Waals surface area (Å²) in [6.45, 7) is 8.73. The third-order valence-electron chi connectivity index (χ3n) is 3.40. The number of amides is 3. The molecule has 104 valence electrons. The molecule has 1 aliphatic heterocycles. The van der Waals surface area contributed by atoms with Gasteiger partial charge in [0.1, 0.15) is 0 Å². The van der Waals surface area contributed by atoms with E-state index in [0.717, 1.165) is 6.42 Å². The second-order valence-electron chi connectivity index (χ2n) is 4.90. The van der Waals surface area contributed by atoms with E-state index >= 15 is 0 Å². The predicted octanol–water partition coefficient (Wildman–Crippen LogP) is 0.378. The Morgan fingerprint density at radius 1 is 1.50 bits per heavy atom. The molecule has 1 heterocycles. The van der Waals surface area contributed by atoms with Crippen LogP contribution in [0.2, 0.25) is 0 Å². The summed E-state index contributed by atoms with van der Waals surface area (Å²) in [6.07, 6.45) is 0.907. The molecule has 1 saturated heterocycles. The summed E-state index contributed by atoms with van der Waals surface area (Å²) in [5.74, 6) is -0.332. The highest BCUT2D eigenvalue weighted by Crippen LogP contribution is 2.25. The number of nitrogens with one attached hydrogen (secondary N) is 3. The van der Waals surface area contributed by atoms with Gasteiger partial charge in [-0.1, -0.05) is 0 Å². The van der Waals surface area contributed by atoms with Gasteiger partial charge in [0.25, 0.3) is 0 Å². The molecule has 1 rings (SSSR count). The monoisotopic (exact) mass is 257 g/mol. The number of imide groups is 1. The van der Waals surface area contributed by atoms with Gasteiger partial charge in [0, 0.05) is 18.7 Å². The van der Waals surface area contributed by atoms with Crippen molar-refractivity contribution in [1.29, 1.82) is 0 Å². The molecular weight excluding hydrogens is 234 g/mol. The quantitative estimate of drug-likeness (QED) is 0.680. The van der Waals surface area contributed by atoms with Gasteiger partial charge in [-0.2, -0.15) is 0 Å². The van der Waals surface area contributed by atoms with Crippen LogP contribution in [0, 0.1) is 0 Å². The Balaban J connectivity index is 2.47. The Labute approximate surface area is 108 Å². The second kappa shape index (κ2) is 6.15. The topological polar surface area (TPSA) is 79.5 Å². The molecule has 6 nitrogen and oxygen atoms in total. The van der Waals surface area contributed by atoms with Crippen molar-refractivity contribution in [2.24, 2.45) is 0 Å². The van der Waals surface area contributed by atoms with Gasteiger partial charge in [0.2, 0.25) is 5.91 Å². The number of rotatable bonds is 4. The standard InChI is InChI=1S/C12H23N3O3/c1-5-13-11(17)14-10(16)8(2)15-12(4)6-7-18-9(12)3/h8-9,15H,5-7H2,1-4H3,(H2,13,14,16,17). The molecule has 18 heavy (non-hydrogen) atoms. The van der Waals surface area contributed by atoms with E-state index in [4.69, 9.17) is 4.74 Å². The maximum Gasteiger partial charge on any atom is 0.321 e. The Morgan fingerprint density at radius 2 is 2.17 bits per heavy atom. The third-order valence-corrected chi connectivity index (χ3v) is 3.40. The van der Waals surface area contributed by atoms with Crippen LogP contribution >= 0.6 is 0 Å². The summed E-state index contributed by atoms with van der Waals surface area (Å²) in [4.78, 5) is 23.0. The molecule has 3 unspecified atom stereocenters. The summed E-state index contributed by atoms with van der Waals surface area (Å²) >= 11 is 0. The molecule has 0 aromatic heterocycles. The summed E-state index contributed by atoms with van der Waals surface area (Å²) in [5.41, 5.74) is -0.224. The van der Waals surface area contributed by atoms with E-state index < -0.39 is 12.1 Å². The van der Waals surface area contributed by atoms with Gasteiger partial charge < -0.3 is 10.1 Å². The number of hydrogen-bond acceptors (Lipinski definition) is 4. The Hall–Kier alpha value is -1.14. The highest BCUT2D eigenvalue weighted by Gasteiger charge is 2.38. The van der Waals surface area contributed by atoms with Crippen molar-refractivity contribution in [3.63, 3.8) is 0 Å². The first-order chi connectivity index (χ1) is 8.39. The molecule has 3 N–H and O–H groups in total. The molecule has 0 aromatic carbocycles. The Bertz CT molecular complexity index is 322. The first-order valence-electron chi connectivity index (χ1n) is 6.37. The van der Waals surface area contributed by atoms with Gasteiger partial charge in [-0.3, -0.25) is 15.4 Å². The number of ether oxygens (including phenoxy) is 1. The largest absolute Gasteiger partial charge is 0.377 e. The molecule has 3 amide bonds. The van der Waals surface area contributed by atoms with Crippen LogP contribution in [0.4, 0.5) is 4.79 Å². The minimum absolute atomic E-state index is 0.0530. The van der Waals surface area contributed by atoms with Crippen LogP contribution in [-0.2, 0) is 9.53 Å². The fraction of sp³-hybridized carbons (Fsp3) is 0.833. The summed E-state index contributed by atoms with van der Waals surface area (Å²) in [7, 11) is 0. The van der Waals surface area contributed by atoms with E-state index in [0.29, 0.717) is 13.2 Å². The van der Waals surface area contributed by atoms with Gasteiger partial charge in [0.05, 0.1) is 12.1 Å². The maximum atomic E-state index is 11.8. The lowest BCUT2D eigenvalue weighted by Gasteiger charge is -2.31. The van der Waals surface area contributed by atoms with Crippen molar-refractivity contribution < 1.29 is 14.3 Å². The van der Waals surface area contributed by atoms with E-state index in [1.54, 1.807) is 13.8 Å². The van der Waals surface area contributed by atoms with E-state index in [9.17, 15) is 9.59 Å². The minimum Gasteiger partial charge on any atom is -0.377 e. The molecule has 1 fully saturated rings. The molecule has 0 bridgehead atoms. The van der Waals surface area contributed by atoms with Crippen LogP contribution in [0.25, 0.3) is 0 Å². The van der Waals surface area contributed by atoms with E-state index in [-0.39, 0.29) is 17.6 Å². The van der Waals surface area contributed by atoms with Gasteiger partial charge in [-0.25, -0.2) is 4.79 Å². The summed E-state index contributed by atoms with van der Waals surface area (Å²) in [5, 5.41) is 8.05. The molecule has 1 aliphatic rings. The van der Waals surface area contributed by atoms with Crippen LogP contribution in [0.5, 0.6) is 0 Å². The fourth-order valence-electron chi connectivity index (χ4n) is 2.01. The zero-order chi connectivity index (χ0) is 13.8. The van der Waals surface area contributed by atoms with Gasteiger partial charge in [0.15, 0.2) is 0 Å². The smallest absolute Gasteiger partial charge is 0.321 e. The van der Waals surface area contributed by atoms with E-state index in [1.165, 1.54) is 0 Å². The normalized spacial score (nSPS) is 28.8. The number of carbonyl (C=O) groups excluding carboxylic acids is 2. The van der Waals surface area contributed by atoms with Crippen LogP contribution in [-0.4, -0.2) is 42.8 Å². The first kappa shape index (κ1) is 14.9. The zero-order valence-corrected chi connectivity index (χ0v) is 11.5. The van der Waals surface area contributed by atoms with Crippen molar-refractivity contribution in [3.05, 3.63) is 0 Å². The summed E-state index contributed by atoms with van der Waals surface area (Å²) in [6, 6.07) is -0.904. The van der Waals surface area contributed by atoms with Crippen LogP contribution < -0.4 is 16.0 Å². The molecule has 6 heteroatoms. The lowest BCUT2D eigenvalue weighted by atomic mass is 9.93. The number of hydrogen-bond donors (Lipinski definition) is 3. The van der Waals surface area contributed by atoms with Crippen LogP contribution in [0.1, 0.15) is 34.1 Å². The van der Waals surface area contributed by atoms with Gasteiger partial charge in [-0.15, -0.1) is 0 Å². The molecule has 0 saturated carbocycles. The van der Waals surface area contributed by atoms with E-state index in [2.05, 4.69) is 16.0 Å². The molecule has 3 atom stereocenters. The van der Waals surface area contributed by atoms with Crippen molar-refractivity contribution in [2.75, 3.05) is 13.2 Å². The SMILES string of the molecule is CCNC(=O)NC(=O)C(C)NC1(C)CCOC1C. The summed E-state index contributed by atoms with van der Waals surface area (Å²) < 4.78 is 5.50. The van der Waals surface area contributed by atoms with E-state index in [1.807, 2.05) is 13.8 Å². The Kier molecular flexibility index (Phi) is 5.10. The minimum atomic E-state index is -0.461. The lowest BCUT2D eigenvalue weighted by molar-refractivity contribution is -0.122. The highest BCUT2D eigenvalue weighted by atomic mass is 16.5. The average Bonchev–Trinajstić information content (AvgIpc) is 2.59. The van der Waals surface area contributed by atoms with Crippen LogP contribution in [0.15, 0.2) is 0 Å². The second-order valence-corrected chi connectivity index (χ2v) is 4.90.